The predicted octanol–water partition coefficient (Wildman–Crippen LogP) is 4.72. The van der Waals surface area contributed by atoms with Crippen LogP contribution in [0.25, 0.3) is 0 Å². The minimum Gasteiger partial charge on any atom is -0.394 e. The van der Waals surface area contributed by atoms with E-state index in [0.717, 1.165) is 32.1 Å². The number of hydrogen-bond acceptors (Lipinski definition) is 3. The number of allylic oxidation sites excluding steroid dienone is 8. The number of rotatable bonds is 14. The Balaban J connectivity index is 2.35. The molecule has 0 aliphatic heterocycles. The van der Waals surface area contributed by atoms with Crippen molar-refractivity contribution in [3.63, 3.8) is 0 Å². The Morgan fingerprint density at radius 2 is 1.56 bits per heavy atom. The fourth-order valence-corrected chi connectivity index (χ4v) is 2.82. The molecule has 3 nitrogen and oxygen atoms in total. The van der Waals surface area contributed by atoms with Gasteiger partial charge in [-0.3, -0.25) is 0 Å². The first-order valence-corrected chi connectivity index (χ1v) is 9.80. The van der Waals surface area contributed by atoms with E-state index in [1.807, 2.05) is 0 Å². The van der Waals surface area contributed by atoms with Crippen molar-refractivity contribution < 1.29 is 14.9 Å². The van der Waals surface area contributed by atoms with E-state index in [0.29, 0.717) is 6.61 Å². The standard InChI is InChI=1S/C22H36O3/c1-2-3-4-5-9-14-22(16-11-8-12-17-22)15-10-6-7-13-18-25-21(19-23)20-24/h9-12,14-17,21,23-24H,2-8,13,18-20H2,1H3/b14-9-,15-10-. The van der Waals surface area contributed by atoms with Gasteiger partial charge in [-0.05, 0) is 38.5 Å². The topological polar surface area (TPSA) is 49.7 Å². The fraction of sp³-hybridized carbons (Fsp3) is 0.636. The average molecular weight is 349 g/mol. The van der Waals surface area contributed by atoms with Crippen LogP contribution < -0.4 is 0 Å². The molecule has 2 N–H and O–H groups in total. The van der Waals surface area contributed by atoms with Crippen LogP contribution in [0.4, 0.5) is 0 Å². The molecule has 0 aromatic heterocycles. The van der Waals surface area contributed by atoms with Gasteiger partial charge >= 0.3 is 0 Å². The molecule has 0 aromatic carbocycles. The Morgan fingerprint density at radius 3 is 2.12 bits per heavy atom. The molecule has 0 atom stereocenters. The van der Waals surface area contributed by atoms with Gasteiger partial charge in [0.2, 0.25) is 0 Å². The summed E-state index contributed by atoms with van der Waals surface area (Å²) < 4.78 is 5.38. The Labute approximate surface area is 153 Å². The fourth-order valence-electron chi connectivity index (χ4n) is 2.82. The maximum Gasteiger partial charge on any atom is 0.104 e. The van der Waals surface area contributed by atoms with E-state index in [1.54, 1.807) is 0 Å². The number of aliphatic hydroxyl groups is 2. The predicted molar refractivity (Wildman–Crippen MR) is 106 cm³/mol. The van der Waals surface area contributed by atoms with Crippen molar-refractivity contribution >= 4 is 0 Å². The van der Waals surface area contributed by atoms with Crippen LogP contribution in [0.15, 0.2) is 48.6 Å². The maximum absolute atomic E-state index is 8.94. The molecule has 0 saturated carbocycles. The zero-order valence-corrected chi connectivity index (χ0v) is 15.8. The molecule has 0 amide bonds. The second-order valence-corrected chi connectivity index (χ2v) is 6.69. The lowest BCUT2D eigenvalue weighted by molar-refractivity contribution is -0.0206. The molecule has 1 rings (SSSR count). The molecule has 1 aliphatic rings. The summed E-state index contributed by atoms with van der Waals surface area (Å²) in [5.41, 5.74) is -0.0557. The van der Waals surface area contributed by atoms with Gasteiger partial charge in [0.1, 0.15) is 6.10 Å². The Kier molecular flexibility index (Phi) is 12.3. The molecule has 0 aromatic rings. The summed E-state index contributed by atoms with van der Waals surface area (Å²) in [6.45, 7) is 2.58. The molecule has 3 heteroatoms. The quantitative estimate of drug-likeness (QED) is 0.353. The molecule has 0 spiro atoms. The van der Waals surface area contributed by atoms with Crippen molar-refractivity contribution in [1.82, 2.24) is 0 Å². The Morgan fingerprint density at radius 1 is 0.960 bits per heavy atom. The van der Waals surface area contributed by atoms with Crippen molar-refractivity contribution in [2.75, 3.05) is 19.8 Å². The van der Waals surface area contributed by atoms with Gasteiger partial charge in [-0.1, -0.05) is 68.4 Å². The lowest BCUT2D eigenvalue weighted by atomic mass is 9.82. The Hall–Kier alpha value is -1.16. The van der Waals surface area contributed by atoms with Crippen LogP contribution in [0.2, 0.25) is 0 Å². The normalized spacial score (nSPS) is 16.6. The summed E-state index contributed by atoms with van der Waals surface area (Å²) in [6.07, 6.45) is 26.8. The van der Waals surface area contributed by atoms with Crippen LogP contribution in [-0.4, -0.2) is 36.1 Å². The van der Waals surface area contributed by atoms with Crippen molar-refractivity contribution in [3.8, 4) is 0 Å². The molecule has 0 fully saturated rings. The third-order valence-electron chi connectivity index (χ3n) is 4.40. The van der Waals surface area contributed by atoms with Gasteiger partial charge in [-0.15, -0.1) is 0 Å². The molecular weight excluding hydrogens is 312 g/mol. The molecule has 142 valence electrons. The maximum atomic E-state index is 8.94. The largest absolute Gasteiger partial charge is 0.394 e. The van der Waals surface area contributed by atoms with Crippen LogP contribution in [0.5, 0.6) is 0 Å². The van der Waals surface area contributed by atoms with Gasteiger partial charge in [0.25, 0.3) is 0 Å². The van der Waals surface area contributed by atoms with E-state index in [1.165, 1.54) is 19.3 Å². The van der Waals surface area contributed by atoms with Crippen molar-refractivity contribution in [2.45, 2.75) is 64.4 Å². The minimum atomic E-state index is -0.436. The summed E-state index contributed by atoms with van der Waals surface area (Å²) in [5.74, 6) is 0. The van der Waals surface area contributed by atoms with Gasteiger partial charge in [0, 0.05) is 12.0 Å². The van der Waals surface area contributed by atoms with Crippen LogP contribution >= 0.6 is 0 Å². The van der Waals surface area contributed by atoms with E-state index in [2.05, 4.69) is 55.5 Å². The SMILES string of the molecule is CCCCC/C=C\C1(/C=C\CCCCOC(CO)CO)C=CCC=C1. The number of unbranched alkanes of at least 4 members (excludes halogenated alkanes) is 5. The summed E-state index contributed by atoms with van der Waals surface area (Å²) in [5, 5.41) is 17.9. The third-order valence-corrected chi connectivity index (χ3v) is 4.40. The summed E-state index contributed by atoms with van der Waals surface area (Å²) in [6, 6.07) is 0. The van der Waals surface area contributed by atoms with E-state index < -0.39 is 6.10 Å². The lowest BCUT2D eigenvalue weighted by Crippen LogP contribution is -2.22. The monoisotopic (exact) mass is 348 g/mol. The second kappa shape index (κ2) is 14.1. The van der Waals surface area contributed by atoms with Gasteiger partial charge in [0.15, 0.2) is 0 Å². The van der Waals surface area contributed by atoms with Gasteiger partial charge in [-0.2, -0.15) is 0 Å². The lowest BCUT2D eigenvalue weighted by Gasteiger charge is -2.22. The number of ether oxygens (including phenoxy) is 1. The molecule has 0 radical (unpaired) electrons. The summed E-state index contributed by atoms with van der Waals surface area (Å²) in [7, 11) is 0. The zero-order chi connectivity index (χ0) is 18.2. The summed E-state index contributed by atoms with van der Waals surface area (Å²) in [4.78, 5) is 0. The first-order valence-electron chi connectivity index (χ1n) is 9.80. The number of hydrogen-bond donors (Lipinski definition) is 2. The van der Waals surface area contributed by atoms with Crippen LogP contribution in [0.3, 0.4) is 0 Å². The molecule has 0 heterocycles. The molecule has 25 heavy (non-hydrogen) atoms. The van der Waals surface area contributed by atoms with Crippen LogP contribution in [0, 0.1) is 5.41 Å². The van der Waals surface area contributed by atoms with Gasteiger partial charge < -0.3 is 14.9 Å². The van der Waals surface area contributed by atoms with E-state index in [4.69, 9.17) is 14.9 Å². The third kappa shape index (κ3) is 9.78. The number of aliphatic hydroxyl groups excluding tert-OH is 2. The van der Waals surface area contributed by atoms with Crippen molar-refractivity contribution in [2.24, 2.45) is 5.41 Å². The first kappa shape index (κ1) is 21.9. The van der Waals surface area contributed by atoms with Crippen LogP contribution in [0.1, 0.15) is 58.3 Å². The minimum absolute atomic E-state index is 0.0557. The van der Waals surface area contributed by atoms with E-state index >= 15 is 0 Å². The Bertz CT molecular complexity index is 419. The van der Waals surface area contributed by atoms with E-state index in [-0.39, 0.29) is 18.6 Å². The second-order valence-electron chi connectivity index (χ2n) is 6.69. The highest BCUT2D eigenvalue weighted by atomic mass is 16.5. The molecule has 0 bridgehead atoms. The molecule has 1 aliphatic carbocycles. The smallest absolute Gasteiger partial charge is 0.104 e. The first-order chi connectivity index (χ1) is 12.3. The highest BCUT2D eigenvalue weighted by molar-refractivity contribution is 5.32. The van der Waals surface area contributed by atoms with Gasteiger partial charge in [-0.25, -0.2) is 0 Å². The zero-order valence-electron chi connectivity index (χ0n) is 15.8. The summed E-state index contributed by atoms with van der Waals surface area (Å²) >= 11 is 0. The van der Waals surface area contributed by atoms with Crippen molar-refractivity contribution in [1.29, 1.82) is 0 Å². The molecular formula is C22H36O3. The highest BCUT2D eigenvalue weighted by Gasteiger charge is 2.17. The average Bonchev–Trinajstić information content (AvgIpc) is 2.65. The molecule has 0 unspecified atom stereocenters. The highest BCUT2D eigenvalue weighted by Crippen LogP contribution is 2.29. The van der Waals surface area contributed by atoms with Crippen LogP contribution in [-0.2, 0) is 4.74 Å². The van der Waals surface area contributed by atoms with E-state index in [9.17, 15) is 0 Å². The molecule has 0 saturated heterocycles. The van der Waals surface area contributed by atoms with Gasteiger partial charge in [0.05, 0.1) is 13.2 Å². The van der Waals surface area contributed by atoms with Crippen molar-refractivity contribution in [3.05, 3.63) is 48.6 Å².